The second-order valence-corrected chi connectivity index (χ2v) is 4.90. The van der Waals surface area contributed by atoms with Crippen LogP contribution >= 0.6 is 0 Å². The van der Waals surface area contributed by atoms with E-state index in [1.54, 1.807) is 13.0 Å². The van der Waals surface area contributed by atoms with Gasteiger partial charge in [0, 0.05) is 30.7 Å². The van der Waals surface area contributed by atoms with E-state index < -0.39 is 4.92 Å². The highest BCUT2D eigenvalue weighted by Gasteiger charge is 2.24. The molecule has 2 heterocycles. The summed E-state index contributed by atoms with van der Waals surface area (Å²) in [7, 11) is 0. The second kappa shape index (κ2) is 4.89. The summed E-state index contributed by atoms with van der Waals surface area (Å²) >= 11 is 0. The van der Waals surface area contributed by atoms with E-state index in [9.17, 15) is 10.1 Å². The first-order chi connectivity index (χ1) is 8.49. The average Bonchev–Trinajstić information content (AvgIpc) is 2.31. The van der Waals surface area contributed by atoms with Crippen molar-refractivity contribution in [2.45, 2.75) is 32.9 Å². The molecule has 6 heteroatoms. The molecule has 1 fully saturated rings. The van der Waals surface area contributed by atoms with Gasteiger partial charge in [0.05, 0.1) is 4.92 Å². The summed E-state index contributed by atoms with van der Waals surface area (Å²) < 4.78 is 0. The van der Waals surface area contributed by atoms with Crippen molar-refractivity contribution < 1.29 is 4.92 Å². The lowest BCUT2D eigenvalue weighted by Crippen LogP contribution is -2.54. The predicted molar refractivity (Wildman–Crippen MR) is 69.9 cm³/mol. The SMILES string of the molecule is Cc1cc(N2CC(C)NCC2C)ncc1[N+](=O)[O-]. The fourth-order valence-electron chi connectivity index (χ4n) is 2.22. The number of anilines is 1. The predicted octanol–water partition coefficient (Wildman–Crippen LogP) is 1.48. The standard InChI is InChI=1S/C12H18N4O2/c1-8-4-12(14-6-11(8)16(17)18)15-7-9(2)13-5-10(15)3/h4,6,9-10,13H,5,7H2,1-3H3. The number of aromatic nitrogens is 1. The number of aryl methyl sites for hydroxylation is 1. The Kier molecular flexibility index (Phi) is 3.47. The zero-order valence-corrected chi connectivity index (χ0v) is 10.9. The number of piperazine rings is 1. The molecule has 0 spiro atoms. The van der Waals surface area contributed by atoms with Crippen LogP contribution in [0.1, 0.15) is 19.4 Å². The van der Waals surface area contributed by atoms with Crippen molar-refractivity contribution in [3.63, 3.8) is 0 Å². The monoisotopic (exact) mass is 250 g/mol. The van der Waals surface area contributed by atoms with Gasteiger partial charge >= 0.3 is 0 Å². The molecular weight excluding hydrogens is 232 g/mol. The molecule has 1 aromatic rings. The summed E-state index contributed by atoms with van der Waals surface area (Å²) in [5, 5.41) is 14.2. The number of nitro groups is 1. The van der Waals surface area contributed by atoms with Gasteiger partial charge in [-0.1, -0.05) is 0 Å². The molecule has 0 radical (unpaired) electrons. The van der Waals surface area contributed by atoms with Crippen molar-refractivity contribution >= 4 is 11.5 Å². The minimum Gasteiger partial charge on any atom is -0.351 e. The van der Waals surface area contributed by atoms with Gasteiger partial charge in [0.1, 0.15) is 12.0 Å². The molecule has 0 bridgehead atoms. The van der Waals surface area contributed by atoms with Crippen LogP contribution in [0, 0.1) is 17.0 Å². The minimum absolute atomic E-state index is 0.0783. The average molecular weight is 250 g/mol. The molecule has 98 valence electrons. The maximum Gasteiger partial charge on any atom is 0.290 e. The highest BCUT2D eigenvalue weighted by molar-refractivity contribution is 5.49. The van der Waals surface area contributed by atoms with E-state index in [2.05, 4.69) is 29.0 Å². The summed E-state index contributed by atoms with van der Waals surface area (Å²) in [6.45, 7) is 7.76. The van der Waals surface area contributed by atoms with Crippen molar-refractivity contribution in [3.8, 4) is 0 Å². The van der Waals surface area contributed by atoms with Crippen LogP contribution in [0.25, 0.3) is 0 Å². The van der Waals surface area contributed by atoms with Crippen LogP contribution in [0.2, 0.25) is 0 Å². The molecule has 1 aromatic heterocycles. The fourth-order valence-corrected chi connectivity index (χ4v) is 2.22. The van der Waals surface area contributed by atoms with Gasteiger partial charge in [-0.15, -0.1) is 0 Å². The van der Waals surface area contributed by atoms with E-state index in [4.69, 9.17) is 0 Å². The van der Waals surface area contributed by atoms with E-state index in [-0.39, 0.29) is 5.69 Å². The van der Waals surface area contributed by atoms with Crippen molar-refractivity contribution in [1.29, 1.82) is 0 Å². The Hall–Kier alpha value is -1.69. The molecule has 0 aromatic carbocycles. The topological polar surface area (TPSA) is 71.3 Å². The summed E-state index contributed by atoms with van der Waals surface area (Å²) in [5.74, 6) is 0.818. The Labute approximate surface area is 106 Å². The van der Waals surface area contributed by atoms with Crippen molar-refractivity contribution in [1.82, 2.24) is 10.3 Å². The smallest absolute Gasteiger partial charge is 0.290 e. The number of pyridine rings is 1. The Morgan fingerprint density at radius 3 is 2.89 bits per heavy atom. The summed E-state index contributed by atoms with van der Waals surface area (Å²) in [4.78, 5) is 16.8. The summed E-state index contributed by atoms with van der Waals surface area (Å²) in [6, 6.07) is 2.54. The lowest BCUT2D eigenvalue weighted by Gasteiger charge is -2.38. The fraction of sp³-hybridized carbons (Fsp3) is 0.583. The van der Waals surface area contributed by atoms with Gasteiger partial charge in [0.2, 0.25) is 0 Å². The zero-order valence-electron chi connectivity index (χ0n) is 10.9. The molecule has 2 atom stereocenters. The summed E-state index contributed by atoms with van der Waals surface area (Å²) in [6.07, 6.45) is 1.35. The van der Waals surface area contributed by atoms with Gasteiger partial charge < -0.3 is 10.2 Å². The molecule has 2 rings (SSSR count). The van der Waals surface area contributed by atoms with E-state index >= 15 is 0 Å². The van der Waals surface area contributed by atoms with E-state index in [0.717, 1.165) is 18.9 Å². The van der Waals surface area contributed by atoms with E-state index in [0.29, 0.717) is 17.6 Å². The van der Waals surface area contributed by atoms with Gasteiger partial charge in [-0.25, -0.2) is 4.98 Å². The first-order valence-electron chi connectivity index (χ1n) is 6.10. The molecule has 1 N–H and O–H groups in total. The number of nitrogens with one attached hydrogen (secondary N) is 1. The molecule has 1 saturated heterocycles. The molecule has 0 amide bonds. The normalized spacial score (nSPS) is 24.1. The molecular formula is C12H18N4O2. The number of nitrogens with zero attached hydrogens (tertiary/aromatic N) is 3. The highest BCUT2D eigenvalue weighted by Crippen LogP contribution is 2.23. The van der Waals surface area contributed by atoms with Crippen LogP contribution in [0.15, 0.2) is 12.3 Å². The van der Waals surface area contributed by atoms with E-state index in [1.165, 1.54) is 6.20 Å². The van der Waals surface area contributed by atoms with Crippen molar-refractivity contribution in [3.05, 3.63) is 27.9 Å². The van der Waals surface area contributed by atoms with Gasteiger partial charge in [-0.2, -0.15) is 0 Å². The number of hydrogen-bond acceptors (Lipinski definition) is 5. The van der Waals surface area contributed by atoms with Gasteiger partial charge in [0.25, 0.3) is 5.69 Å². The first-order valence-corrected chi connectivity index (χ1v) is 6.10. The lowest BCUT2D eigenvalue weighted by atomic mass is 10.1. The van der Waals surface area contributed by atoms with Gasteiger partial charge in [-0.3, -0.25) is 10.1 Å². The third kappa shape index (κ3) is 2.43. The van der Waals surface area contributed by atoms with Gasteiger partial charge in [-0.05, 0) is 26.8 Å². The highest BCUT2D eigenvalue weighted by atomic mass is 16.6. The quantitative estimate of drug-likeness (QED) is 0.636. The Morgan fingerprint density at radius 2 is 2.28 bits per heavy atom. The molecule has 1 aliphatic heterocycles. The molecule has 1 aliphatic rings. The van der Waals surface area contributed by atoms with Crippen molar-refractivity contribution in [2.75, 3.05) is 18.0 Å². The zero-order chi connectivity index (χ0) is 13.3. The maximum atomic E-state index is 10.8. The largest absolute Gasteiger partial charge is 0.351 e. The Bertz CT molecular complexity index is 463. The third-order valence-electron chi connectivity index (χ3n) is 3.32. The minimum atomic E-state index is -0.393. The molecule has 6 nitrogen and oxygen atoms in total. The Balaban J connectivity index is 2.28. The molecule has 2 unspecified atom stereocenters. The van der Waals surface area contributed by atoms with Crippen LogP contribution in [-0.4, -0.2) is 35.1 Å². The second-order valence-electron chi connectivity index (χ2n) is 4.90. The van der Waals surface area contributed by atoms with Gasteiger partial charge in [0.15, 0.2) is 0 Å². The molecule has 18 heavy (non-hydrogen) atoms. The van der Waals surface area contributed by atoms with Crippen LogP contribution < -0.4 is 10.2 Å². The summed E-state index contributed by atoms with van der Waals surface area (Å²) in [5.41, 5.74) is 0.734. The van der Waals surface area contributed by atoms with Crippen LogP contribution in [0.5, 0.6) is 0 Å². The van der Waals surface area contributed by atoms with Crippen molar-refractivity contribution in [2.24, 2.45) is 0 Å². The van der Waals surface area contributed by atoms with Crippen LogP contribution in [0.3, 0.4) is 0 Å². The van der Waals surface area contributed by atoms with E-state index in [1.807, 2.05) is 0 Å². The first kappa shape index (κ1) is 12.8. The lowest BCUT2D eigenvalue weighted by molar-refractivity contribution is -0.385. The van der Waals surface area contributed by atoms with Crippen LogP contribution in [-0.2, 0) is 0 Å². The Morgan fingerprint density at radius 1 is 1.56 bits per heavy atom. The maximum absolute atomic E-state index is 10.8. The number of hydrogen-bond donors (Lipinski definition) is 1. The van der Waals surface area contributed by atoms with Crippen LogP contribution in [0.4, 0.5) is 11.5 Å². The molecule has 0 aliphatic carbocycles. The number of rotatable bonds is 2. The molecule has 0 saturated carbocycles. The third-order valence-corrected chi connectivity index (χ3v) is 3.32.